The first-order chi connectivity index (χ1) is 20.4. The summed E-state index contributed by atoms with van der Waals surface area (Å²) in [5.74, 6) is 1.29. The van der Waals surface area contributed by atoms with Gasteiger partial charge in [0.15, 0.2) is 0 Å². The van der Waals surface area contributed by atoms with Crippen LogP contribution in [0.4, 0.5) is 18.9 Å². The maximum atomic E-state index is 12.3. The first kappa shape index (κ1) is 43.2. The number of benzene rings is 1. The number of nitrogens with zero attached hydrogens (tertiary/aromatic N) is 1. The van der Waals surface area contributed by atoms with Gasteiger partial charge in [-0.15, -0.1) is 13.2 Å². The Balaban J connectivity index is 0. The molecule has 0 aliphatic rings. The van der Waals surface area contributed by atoms with Crippen molar-refractivity contribution in [3.05, 3.63) is 47.7 Å². The molecule has 252 valence electrons. The number of halogens is 3. The minimum Gasteiger partial charge on any atom is -0.406 e. The van der Waals surface area contributed by atoms with Crippen LogP contribution in [0.5, 0.6) is 5.75 Å². The number of ether oxygens (including phenoxy) is 2. The number of rotatable bonds is 19. The summed E-state index contributed by atoms with van der Waals surface area (Å²) >= 11 is 0. The molecule has 1 unspecified atom stereocenters. The van der Waals surface area contributed by atoms with Gasteiger partial charge in [-0.3, -0.25) is 0 Å². The molecule has 0 saturated carbocycles. The fraction of sp³-hybridized carbons (Fsp3) is 0.730. The molecule has 0 aromatic heterocycles. The van der Waals surface area contributed by atoms with E-state index >= 15 is 0 Å². The summed E-state index contributed by atoms with van der Waals surface area (Å²) in [6.07, 6.45) is 14.5. The number of anilines is 1. The van der Waals surface area contributed by atoms with Crippen LogP contribution in [0.15, 0.2) is 47.7 Å². The second kappa shape index (κ2) is 27.6. The number of alkyl halides is 3. The third-order valence-electron chi connectivity index (χ3n) is 7.27. The normalized spacial score (nSPS) is 12.7. The number of unbranched alkanes of at least 4 members (excludes halogenated alkanes) is 2. The summed E-state index contributed by atoms with van der Waals surface area (Å²) in [6, 6.07) is 5.95. The van der Waals surface area contributed by atoms with Crippen LogP contribution in [0.3, 0.4) is 0 Å². The molecule has 1 rings (SSSR count). The summed E-state index contributed by atoms with van der Waals surface area (Å²) in [5.41, 5.74) is 3.22. The van der Waals surface area contributed by atoms with Crippen molar-refractivity contribution in [3.63, 3.8) is 0 Å². The molecule has 0 saturated heterocycles. The monoisotopic (exact) mass is 614 g/mol. The maximum absolute atomic E-state index is 12.3. The van der Waals surface area contributed by atoms with Crippen molar-refractivity contribution >= 4 is 5.69 Å². The predicted octanol–water partition coefficient (Wildman–Crippen LogP) is 12.9. The lowest BCUT2D eigenvalue weighted by molar-refractivity contribution is -0.274. The third-order valence-corrected chi connectivity index (χ3v) is 7.27. The molecule has 0 aliphatic carbocycles. The molecule has 0 spiro atoms. The van der Waals surface area contributed by atoms with Crippen molar-refractivity contribution in [1.29, 1.82) is 0 Å². The maximum Gasteiger partial charge on any atom is 0.573 e. The van der Waals surface area contributed by atoms with Gasteiger partial charge in [-0.2, -0.15) is 0 Å². The molecule has 1 aromatic carbocycles. The van der Waals surface area contributed by atoms with Crippen molar-refractivity contribution in [2.45, 2.75) is 146 Å². The van der Waals surface area contributed by atoms with E-state index < -0.39 is 6.36 Å². The van der Waals surface area contributed by atoms with Crippen molar-refractivity contribution < 1.29 is 22.6 Å². The van der Waals surface area contributed by atoms with Gasteiger partial charge in [0.05, 0.1) is 0 Å². The lowest BCUT2D eigenvalue weighted by Crippen LogP contribution is -2.18. The van der Waals surface area contributed by atoms with Crippen molar-refractivity contribution in [2.75, 3.05) is 25.2 Å². The average Bonchev–Trinajstić information content (AvgIpc) is 2.96. The van der Waals surface area contributed by atoms with Crippen LogP contribution >= 0.6 is 0 Å². The quantitative estimate of drug-likeness (QED) is 0.114. The first-order valence-corrected chi connectivity index (χ1v) is 17.0. The lowest BCUT2D eigenvalue weighted by Gasteiger charge is -2.23. The molecule has 3 nitrogen and oxygen atoms in total. The highest BCUT2D eigenvalue weighted by Crippen LogP contribution is 2.29. The average molecular weight is 614 g/mol. The SMILES string of the molecule is CC/C=C(/C=C(/C)N(C)c1ccc(OC(F)(F)F)cc1)C(CCC)CCC.CCCC(C)CC.CCCCCOCCC. The van der Waals surface area contributed by atoms with E-state index in [2.05, 4.69) is 72.3 Å². The van der Waals surface area contributed by atoms with E-state index in [1.54, 1.807) is 12.1 Å². The first-order valence-electron chi connectivity index (χ1n) is 17.0. The highest BCUT2D eigenvalue weighted by molar-refractivity contribution is 5.53. The molecule has 0 radical (unpaired) electrons. The van der Waals surface area contributed by atoms with Gasteiger partial charge in [0.2, 0.25) is 0 Å². The number of allylic oxidation sites excluding steroid dienone is 4. The van der Waals surface area contributed by atoms with E-state index in [0.717, 1.165) is 69.0 Å². The van der Waals surface area contributed by atoms with Gasteiger partial charge < -0.3 is 14.4 Å². The zero-order valence-corrected chi connectivity index (χ0v) is 29.4. The Morgan fingerprint density at radius 3 is 1.81 bits per heavy atom. The molecule has 0 fully saturated rings. The molecular weight excluding hydrogens is 547 g/mol. The van der Waals surface area contributed by atoms with E-state index in [-0.39, 0.29) is 5.75 Å². The summed E-state index contributed by atoms with van der Waals surface area (Å²) in [5, 5.41) is 0. The van der Waals surface area contributed by atoms with Gasteiger partial charge in [0.25, 0.3) is 0 Å². The number of hydrogen-bond acceptors (Lipinski definition) is 3. The van der Waals surface area contributed by atoms with E-state index in [1.807, 2.05) is 18.9 Å². The molecule has 43 heavy (non-hydrogen) atoms. The minimum absolute atomic E-state index is 0.209. The number of hydrogen-bond donors (Lipinski definition) is 0. The third kappa shape index (κ3) is 24.1. The summed E-state index contributed by atoms with van der Waals surface area (Å²) in [4.78, 5) is 1.98. The smallest absolute Gasteiger partial charge is 0.406 e. The molecular formula is C37H66F3NO2. The van der Waals surface area contributed by atoms with Crippen LogP contribution in [-0.2, 0) is 4.74 Å². The van der Waals surface area contributed by atoms with Gasteiger partial charge in [0.1, 0.15) is 5.75 Å². The van der Waals surface area contributed by atoms with Crippen LogP contribution in [-0.4, -0.2) is 26.6 Å². The Morgan fingerprint density at radius 2 is 1.40 bits per heavy atom. The van der Waals surface area contributed by atoms with Crippen LogP contribution in [0, 0.1) is 11.8 Å². The molecule has 0 aliphatic heterocycles. The highest BCUT2D eigenvalue weighted by atomic mass is 19.4. The van der Waals surface area contributed by atoms with Crippen LogP contribution in [0.1, 0.15) is 139 Å². The Labute approximate surface area is 264 Å². The molecule has 1 atom stereocenters. The van der Waals surface area contributed by atoms with Gasteiger partial charge in [0, 0.05) is 31.6 Å². The second-order valence-corrected chi connectivity index (χ2v) is 11.4. The Kier molecular flexibility index (Phi) is 27.7. The Morgan fingerprint density at radius 1 is 0.814 bits per heavy atom. The largest absolute Gasteiger partial charge is 0.573 e. The summed E-state index contributed by atoms with van der Waals surface area (Å²) < 4.78 is 46.1. The van der Waals surface area contributed by atoms with E-state index in [9.17, 15) is 13.2 Å². The summed E-state index contributed by atoms with van der Waals surface area (Å²) in [6.45, 7) is 21.6. The molecule has 1 aromatic rings. The van der Waals surface area contributed by atoms with Gasteiger partial charge in [-0.05, 0) is 86.8 Å². The van der Waals surface area contributed by atoms with E-state index in [4.69, 9.17) is 4.74 Å². The molecule has 0 heterocycles. The van der Waals surface area contributed by atoms with Crippen molar-refractivity contribution in [2.24, 2.45) is 11.8 Å². The predicted molar refractivity (Wildman–Crippen MR) is 182 cm³/mol. The van der Waals surface area contributed by atoms with Crippen LogP contribution in [0.2, 0.25) is 0 Å². The highest BCUT2D eigenvalue weighted by Gasteiger charge is 2.31. The minimum atomic E-state index is -4.67. The van der Waals surface area contributed by atoms with E-state index in [0.29, 0.717) is 5.92 Å². The zero-order chi connectivity index (χ0) is 33.1. The zero-order valence-electron chi connectivity index (χ0n) is 29.4. The molecule has 0 bridgehead atoms. The van der Waals surface area contributed by atoms with Crippen LogP contribution in [0.25, 0.3) is 0 Å². The molecule has 0 amide bonds. The fourth-order valence-electron chi connectivity index (χ4n) is 4.56. The van der Waals surface area contributed by atoms with Crippen molar-refractivity contribution in [1.82, 2.24) is 0 Å². The van der Waals surface area contributed by atoms with Crippen LogP contribution < -0.4 is 9.64 Å². The van der Waals surface area contributed by atoms with Gasteiger partial charge >= 0.3 is 6.36 Å². The molecule has 6 heteroatoms. The Hall–Kier alpha value is -1.95. The lowest BCUT2D eigenvalue weighted by atomic mass is 9.88. The fourth-order valence-corrected chi connectivity index (χ4v) is 4.56. The topological polar surface area (TPSA) is 21.7 Å². The van der Waals surface area contributed by atoms with Gasteiger partial charge in [-0.25, -0.2) is 0 Å². The van der Waals surface area contributed by atoms with Gasteiger partial charge in [-0.1, -0.05) is 106 Å². The summed E-state index contributed by atoms with van der Waals surface area (Å²) in [7, 11) is 1.92. The second-order valence-electron chi connectivity index (χ2n) is 11.4. The van der Waals surface area contributed by atoms with Crippen molar-refractivity contribution in [3.8, 4) is 5.75 Å². The van der Waals surface area contributed by atoms with E-state index in [1.165, 1.54) is 56.2 Å². The molecule has 0 N–H and O–H groups in total. The Bertz CT molecular complexity index is 806. The standard InChI is InChI=1S/C22H32F3NO.C8H18O.C7H16/c1-6-9-18(10-7-2)19(11-8-3)16-17(4)26(5)20-12-14-21(15-13-20)27-22(23,24)25;1-3-5-6-8-9-7-4-2;1-4-6-7(3)5-2/h11-16,18H,6-10H2,1-5H3;3-8H2,1-2H3;7H,4-6H2,1-3H3/b17-16-,19-11-;;.